The third kappa shape index (κ3) is 5.61. The monoisotopic (exact) mass is 454 g/mol. The van der Waals surface area contributed by atoms with Crippen molar-refractivity contribution >= 4 is 45.8 Å². The molecule has 1 aromatic heterocycles. The number of carbonyl (C=O) groups excluding carboxylic acids is 3. The minimum atomic E-state index is -0.509. The first-order valence-electron chi connectivity index (χ1n) is 9.68. The fraction of sp³-hybridized carbons (Fsp3) is 0.182. The van der Waals surface area contributed by atoms with Gasteiger partial charge in [0.25, 0.3) is 5.91 Å². The van der Waals surface area contributed by atoms with Crippen LogP contribution in [0.4, 0.5) is 21.3 Å². The van der Waals surface area contributed by atoms with Crippen LogP contribution in [0.5, 0.6) is 5.75 Å². The normalized spacial score (nSPS) is 10.2. The van der Waals surface area contributed by atoms with Crippen LogP contribution in [0.1, 0.15) is 32.6 Å². The Bertz CT molecular complexity index is 1130. The molecule has 0 aliphatic rings. The number of ether oxygens (including phenoxy) is 2. The summed E-state index contributed by atoms with van der Waals surface area (Å²) in [6.07, 6.45) is 0. The van der Waals surface area contributed by atoms with Gasteiger partial charge in [-0.05, 0) is 50.2 Å². The molecular formula is C22H22N4O5S. The van der Waals surface area contributed by atoms with Crippen LogP contribution in [0.15, 0.2) is 48.5 Å². The molecule has 2 aromatic carbocycles. The van der Waals surface area contributed by atoms with Crippen LogP contribution in [-0.4, -0.2) is 36.6 Å². The van der Waals surface area contributed by atoms with Crippen molar-refractivity contribution in [1.29, 1.82) is 0 Å². The molecule has 3 N–H and O–H groups in total. The molecule has 0 fully saturated rings. The number of carbonyl (C=O) groups is 3. The Morgan fingerprint density at radius 3 is 2.41 bits per heavy atom. The Morgan fingerprint density at radius 2 is 1.72 bits per heavy atom. The lowest BCUT2D eigenvalue weighted by molar-refractivity contribution is 0.0526. The van der Waals surface area contributed by atoms with Gasteiger partial charge < -0.3 is 20.1 Å². The van der Waals surface area contributed by atoms with E-state index in [4.69, 9.17) is 9.47 Å². The topological polar surface area (TPSA) is 119 Å². The first-order valence-corrected chi connectivity index (χ1v) is 10.5. The standard InChI is InChI=1S/C22H22N4O5S/c1-4-31-20(28)14-9-11-15(12-10-14)24-19(27)18-13(2)23-22(32-18)26-21(29)25-16-7-5-6-8-17(16)30-3/h5-12H,4H2,1-3H3,(H,24,27)(H2,23,25,26,29). The number of para-hydroxylation sites is 2. The maximum Gasteiger partial charge on any atom is 0.338 e. The molecule has 9 nitrogen and oxygen atoms in total. The van der Waals surface area contributed by atoms with Crippen LogP contribution >= 0.6 is 11.3 Å². The summed E-state index contributed by atoms with van der Waals surface area (Å²) in [4.78, 5) is 41.3. The van der Waals surface area contributed by atoms with Gasteiger partial charge in [-0.25, -0.2) is 14.6 Å². The van der Waals surface area contributed by atoms with E-state index in [1.54, 1.807) is 62.4 Å². The zero-order valence-electron chi connectivity index (χ0n) is 17.7. The minimum absolute atomic E-state index is 0.276. The molecule has 32 heavy (non-hydrogen) atoms. The number of aryl methyl sites for hydroxylation is 1. The summed E-state index contributed by atoms with van der Waals surface area (Å²) in [5, 5.41) is 8.34. The molecule has 0 spiro atoms. The third-order valence-electron chi connectivity index (χ3n) is 4.23. The predicted octanol–water partition coefficient (Wildman–Crippen LogP) is 4.53. The van der Waals surface area contributed by atoms with Gasteiger partial charge in [0.15, 0.2) is 5.13 Å². The Labute approximate surface area is 188 Å². The number of hydrogen-bond donors (Lipinski definition) is 3. The quantitative estimate of drug-likeness (QED) is 0.451. The van der Waals surface area contributed by atoms with Crippen LogP contribution in [-0.2, 0) is 4.74 Å². The highest BCUT2D eigenvalue weighted by Crippen LogP contribution is 2.26. The number of hydrogen-bond acceptors (Lipinski definition) is 7. The molecule has 3 aromatic rings. The summed E-state index contributed by atoms with van der Waals surface area (Å²) in [6.45, 7) is 3.70. The van der Waals surface area contributed by atoms with E-state index < -0.39 is 12.0 Å². The van der Waals surface area contributed by atoms with Gasteiger partial charge in [0.2, 0.25) is 0 Å². The van der Waals surface area contributed by atoms with Gasteiger partial charge in [-0.15, -0.1) is 0 Å². The second-order valence-electron chi connectivity index (χ2n) is 6.46. The molecular weight excluding hydrogens is 432 g/mol. The van der Waals surface area contributed by atoms with E-state index in [1.807, 2.05) is 0 Å². The number of nitrogens with zero attached hydrogens (tertiary/aromatic N) is 1. The summed E-state index contributed by atoms with van der Waals surface area (Å²) in [5.74, 6) is -0.278. The van der Waals surface area contributed by atoms with Crippen molar-refractivity contribution in [1.82, 2.24) is 4.98 Å². The van der Waals surface area contributed by atoms with E-state index in [0.717, 1.165) is 11.3 Å². The molecule has 3 amide bonds. The fourth-order valence-corrected chi connectivity index (χ4v) is 3.61. The van der Waals surface area contributed by atoms with Crippen molar-refractivity contribution in [2.24, 2.45) is 0 Å². The van der Waals surface area contributed by atoms with Crippen LogP contribution in [0, 0.1) is 6.92 Å². The lowest BCUT2D eigenvalue weighted by atomic mass is 10.2. The summed E-state index contributed by atoms with van der Waals surface area (Å²) >= 11 is 1.05. The Kier molecular flexibility index (Phi) is 7.40. The molecule has 0 aliphatic heterocycles. The molecule has 0 atom stereocenters. The van der Waals surface area contributed by atoms with Crippen molar-refractivity contribution in [2.75, 3.05) is 29.7 Å². The molecule has 10 heteroatoms. The number of aromatic nitrogens is 1. The minimum Gasteiger partial charge on any atom is -0.495 e. The average molecular weight is 455 g/mol. The van der Waals surface area contributed by atoms with Crippen LogP contribution in [0.2, 0.25) is 0 Å². The number of anilines is 3. The number of nitrogens with one attached hydrogen (secondary N) is 3. The molecule has 0 aliphatic carbocycles. The summed E-state index contributed by atoms with van der Waals surface area (Å²) < 4.78 is 10.1. The van der Waals surface area contributed by atoms with E-state index in [9.17, 15) is 14.4 Å². The van der Waals surface area contributed by atoms with Crippen molar-refractivity contribution in [3.63, 3.8) is 0 Å². The Balaban J connectivity index is 1.63. The number of esters is 1. The maximum atomic E-state index is 12.7. The van der Waals surface area contributed by atoms with E-state index in [0.29, 0.717) is 33.3 Å². The lowest BCUT2D eigenvalue weighted by Gasteiger charge is -2.09. The maximum absolute atomic E-state index is 12.7. The van der Waals surface area contributed by atoms with Crippen LogP contribution in [0.3, 0.4) is 0 Å². The molecule has 0 radical (unpaired) electrons. The third-order valence-corrected chi connectivity index (χ3v) is 5.30. The number of rotatable bonds is 7. The van der Waals surface area contributed by atoms with Gasteiger partial charge >= 0.3 is 12.0 Å². The zero-order chi connectivity index (χ0) is 23.1. The van der Waals surface area contributed by atoms with Gasteiger partial charge in [0.1, 0.15) is 10.6 Å². The summed E-state index contributed by atoms with van der Waals surface area (Å²) in [5.41, 5.74) is 1.89. The molecule has 0 bridgehead atoms. The van der Waals surface area contributed by atoms with Crippen molar-refractivity contribution in [3.8, 4) is 5.75 Å². The lowest BCUT2D eigenvalue weighted by Crippen LogP contribution is -2.19. The molecule has 1 heterocycles. The van der Waals surface area contributed by atoms with Gasteiger partial charge in [-0.2, -0.15) is 0 Å². The van der Waals surface area contributed by atoms with E-state index in [1.165, 1.54) is 7.11 Å². The largest absolute Gasteiger partial charge is 0.495 e. The molecule has 0 unspecified atom stereocenters. The van der Waals surface area contributed by atoms with Crippen LogP contribution in [0.25, 0.3) is 0 Å². The summed E-state index contributed by atoms with van der Waals surface area (Å²) in [7, 11) is 1.51. The second-order valence-corrected chi connectivity index (χ2v) is 7.46. The smallest absolute Gasteiger partial charge is 0.338 e. The van der Waals surface area contributed by atoms with Crippen molar-refractivity contribution in [3.05, 3.63) is 64.7 Å². The molecule has 166 valence electrons. The van der Waals surface area contributed by atoms with E-state index in [2.05, 4.69) is 20.9 Å². The number of urea groups is 1. The SMILES string of the molecule is CCOC(=O)c1ccc(NC(=O)c2sc(NC(=O)Nc3ccccc3OC)nc2C)cc1. The first kappa shape index (κ1) is 22.8. The van der Waals surface area contributed by atoms with Gasteiger partial charge in [0, 0.05) is 5.69 Å². The first-order chi connectivity index (χ1) is 15.4. The highest BCUT2D eigenvalue weighted by atomic mass is 32.1. The number of methoxy groups -OCH3 is 1. The van der Waals surface area contributed by atoms with Crippen molar-refractivity contribution in [2.45, 2.75) is 13.8 Å². The number of thiazole rings is 1. The average Bonchev–Trinajstić information content (AvgIpc) is 3.14. The van der Waals surface area contributed by atoms with E-state index in [-0.39, 0.29) is 17.6 Å². The number of benzene rings is 2. The van der Waals surface area contributed by atoms with E-state index >= 15 is 0 Å². The zero-order valence-corrected chi connectivity index (χ0v) is 18.5. The van der Waals surface area contributed by atoms with Gasteiger partial charge in [-0.1, -0.05) is 23.5 Å². The summed E-state index contributed by atoms with van der Waals surface area (Å²) in [6, 6.07) is 12.9. The van der Waals surface area contributed by atoms with Gasteiger partial charge in [0.05, 0.1) is 30.7 Å². The highest BCUT2D eigenvalue weighted by Gasteiger charge is 2.18. The van der Waals surface area contributed by atoms with Crippen molar-refractivity contribution < 1.29 is 23.9 Å². The highest BCUT2D eigenvalue weighted by molar-refractivity contribution is 7.17. The second kappa shape index (κ2) is 10.4. The Hall–Kier alpha value is -3.92. The Morgan fingerprint density at radius 1 is 1.00 bits per heavy atom. The molecule has 0 saturated carbocycles. The fourth-order valence-electron chi connectivity index (χ4n) is 2.75. The van der Waals surface area contributed by atoms with Gasteiger partial charge in [-0.3, -0.25) is 10.1 Å². The van der Waals surface area contributed by atoms with Crippen LogP contribution < -0.4 is 20.7 Å². The number of amides is 3. The molecule has 0 saturated heterocycles. The molecule has 3 rings (SSSR count). The predicted molar refractivity (Wildman–Crippen MR) is 123 cm³/mol.